The Morgan fingerprint density at radius 1 is 1.22 bits per heavy atom. The van der Waals surface area contributed by atoms with E-state index in [0.29, 0.717) is 28.6 Å². The zero-order valence-corrected chi connectivity index (χ0v) is 18.7. The summed E-state index contributed by atoms with van der Waals surface area (Å²) in [5.74, 6) is 0.0725. The molecule has 0 bridgehead atoms. The molecular formula is C21H22ClF3N2O4S. The highest BCUT2D eigenvalue weighted by molar-refractivity contribution is 7.89. The molecule has 0 radical (unpaired) electrons. The van der Waals surface area contributed by atoms with Crippen LogP contribution in [0, 0.1) is 0 Å². The smallest absolute Gasteiger partial charge is 0.416 e. The van der Waals surface area contributed by atoms with Crippen LogP contribution in [0.15, 0.2) is 60.0 Å². The molecule has 0 spiro atoms. The van der Waals surface area contributed by atoms with Crippen LogP contribution in [0.25, 0.3) is 0 Å². The molecule has 1 amide bonds. The number of nitrogens with zero attached hydrogens (tertiary/aromatic N) is 1. The highest BCUT2D eigenvalue weighted by Gasteiger charge is 2.34. The molecule has 11 heteroatoms. The van der Waals surface area contributed by atoms with Gasteiger partial charge in [0.15, 0.2) is 0 Å². The first-order chi connectivity index (χ1) is 15.0. The Bertz CT molecular complexity index is 1060. The maximum Gasteiger partial charge on any atom is 0.416 e. The number of nitrogens with one attached hydrogen (secondary N) is 1. The average molecular weight is 491 g/mol. The summed E-state index contributed by atoms with van der Waals surface area (Å²) in [6.45, 7) is 2.78. The number of alkyl halides is 3. The van der Waals surface area contributed by atoms with Gasteiger partial charge in [-0.15, -0.1) is 6.58 Å². The van der Waals surface area contributed by atoms with Crippen LogP contribution >= 0.6 is 11.6 Å². The predicted octanol–water partition coefficient (Wildman–Crippen LogP) is 3.90. The van der Waals surface area contributed by atoms with E-state index in [1.807, 2.05) is 12.1 Å². The van der Waals surface area contributed by atoms with E-state index in [2.05, 4.69) is 11.9 Å². The third kappa shape index (κ3) is 6.72. The number of amides is 1. The van der Waals surface area contributed by atoms with Crippen molar-refractivity contribution in [2.75, 3.05) is 26.7 Å². The first-order valence-electron chi connectivity index (χ1n) is 9.36. The predicted molar refractivity (Wildman–Crippen MR) is 115 cm³/mol. The molecule has 0 aliphatic heterocycles. The van der Waals surface area contributed by atoms with E-state index >= 15 is 0 Å². The van der Waals surface area contributed by atoms with Gasteiger partial charge in [0.2, 0.25) is 15.9 Å². The topological polar surface area (TPSA) is 75.7 Å². The molecule has 1 N–H and O–H groups in total. The van der Waals surface area contributed by atoms with Crippen LogP contribution in [0.1, 0.15) is 11.1 Å². The van der Waals surface area contributed by atoms with Crippen molar-refractivity contribution in [1.29, 1.82) is 0 Å². The molecule has 2 aromatic carbocycles. The minimum atomic E-state index is -4.75. The van der Waals surface area contributed by atoms with E-state index in [-0.39, 0.29) is 18.1 Å². The van der Waals surface area contributed by atoms with Gasteiger partial charge in [-0.25, -0.2) is 8.42 Å². The van der Waals surface area contributed by atoms with Gasteiger partial charge in [-0.2, -0.15) is 17.5 Å². The largest absolute Gasteiger partial charge is 0.497 e. The van der Waals surface area contributed by atoms with Gasteiger partial charge in [0.25, 0.3) is 0 Å². The zero-order chi connectivity index (χ0) is 23.9. The number of hydrogen-bond donors (Lipinski definition) is 1. The number of ether oxygens (including phenoxy) is 1. The molecule has 0 aromatic heterocycles. The van der Waals surface area contributed by atoms with Crippen molar-refractivity contribution in [2.45, 2.75) is 17.5 Å². The summed E-state index contributed by atoms with van der Waals surface area (Å²) >= 11 is 5.88. The minimum absolute atomic E-state index is 0.234. The fraction of sp³-hybridized carbons (Fsp3) is 0.286. The molecule has 0 fully saturated rings. The fourth-order valence-corrected chi connectivity index (χ4v) is 4.63. The van der Waals surface area contributed by atoms with Crippen LogP contribution in [-0.2, 0) is 27.4 Å². The number of halogens is 4. The summed E-state index contributed by atoms with van der Waals surface area (Å²) in [7, 11) is -2.95. The first kappa shape index (κ1) is 25.7. The van der Waals surface area contributed by atoms with Crippen molar-refractivity contribution in [3.63, 3.8) is 0 Å². The Labute approximate surface area is 189 Å². The van der Waals surface area contributed by atoms with Gasteiger partial charge in [-0.05, 0) is 42.3 Å². The normalized spacial score (nSPS) is 11.9. The first-order valence-corrected chi connectivity index (χ1v) is 11.2. The zero-order valence-electron chi connectivity index (χ0n) is 17.2. The lowest BCUT2D eigenvalue weighted by atomic mass is 10.1. The molecule has 2 aromatic rings. The lowest BCUT2D eigenvalue weighted by Gasteiger charge is -2.21. The van der Waals surface area contributed by atoms with Crippen molar-refractivity contribution >= 4 is 27.5 Å². The van der Waals surface area contributed by atoms with Crippen molar-refractivity contribution in [3.8, 4) is 5.75 Å². The summed E-state index contributed by atoms with van der Waals surface area (Å²) in [4.78, 5) is 11.6. The van der Waals surface area contributed by atoms with E-state index in [9.17, 15) is 26.4 Å². The second-order valence-corrected chi connectivity index (χ2v) is 8.99. The standard InChI is InChI=1S/C21H22ClF3N2O4S/c1-3-12-27(14-20(28)26-11-10-15-4-7-17(31-2)8-5-15)32(29,30)19-13-16(21(23,24)25)6-9-18(19)22/h3-9,13H,1,10-12,14H2,2H3,(H,26,28). The third-order valence-corrected chi connectivity index (χ3v) is 6.72. The second-order valence-electron chi connectivity index (χ2n) is 6.68. The molecule has 0 aliphatic rings. The Hall–Kier alpha value is -2.56. The Kier molecular flexibility index (Phi) is 8.71. The summed E-state index contributed by atoms with van der Waals surface area (Å²) in [5, 5.41) is 2.22. The minimum Gasteiger partial charge on any atom is -0.497 e. The van der Waals surface area contributed by atoms with Crippen molar-refractivity contribution in [2.24, 2.45) is 0 Å². The average Bonchev–Trinajstić information content (AvgIpc) is 2.73. The van der Waals surface area contributed by atoms with Crippen molar-refractivity contribution in [1.82, 2.24) is 9.62 Å². The molecule has 2 rings (SSSR count). The molecule has 0 aliphatic carbocycles. The fourth-order valence-electron chi connectivity index (χ4n) is 2.76. The van der Waals surface area contributed by atoms with Gasteiger partial charge in [-0.3, -0.25) is 4.79 Å². The highest BCUT2D eigenvalue weighted by Crippen LogP contribution is 2.34. The van der Waals surface area contributed by atoms with Crippen molar-refractivity contribution in [3.05, 3.63) is 71.3 Å². The number of methoxy groups -OCH3 is 1. The van der Waals surface area contributed by atoms with Gasteiger partial charge in [0.05, 0.1) is 24.2 Å². The quantitative estimate of drug-likeness (QED) is 0.512. The lowest BCUT2D eigenvalue weighted by Crippen LogP contribution is -2.41. The van der Waals surface area contributed by atoms with E-state index in [4.69, 9.17) is 16.3 Å². The number of carbonyl (C=O) groups is 1. The molecule has 0 saturated heterocycles. The molecule has 0 saturated carbocycles. The number of benzene rings is 2. The van der Waals surface area contributed by atoms with E-state index in [1.54, 1.807) is 19.2 Å². The summed E-state index contributed by atoms with van der Waals surface area (Å²) in [6.07, 6.45) is -3.04. The van der Waals surface area contributed by atoms with Crippen LogP contribution < -0.4 is 10.1 Å². The number of carbonyl (C=O) groups excluding carboxylic acids is 1. The van der Waals surface area contributed by atoms with Gasteiger partial charge >= 0.3 is 6.18 Å². The van der Waals surface area contributed by atoms with E-state index < -0.39 is 39.1 Å². The monoisotopic (exact) mass is 490 g/mol. The van der Waals surface area contributed by atoms with Crippen LogP contribution in [-0.4, -0.2) is 45.4 Å². The molecule has 0 unspecified atom stereocenters. The molecule has 0 atom stereocenters. The van der Waals surface area contributed by atoms with Gasteiger partial charge in [0, 0.05) is 13.1 Å². The Morgan fingerprint density at radius 2 is 1.88 bits per heavy atom. The van der Waals surface area contributed by atoms with Crippen LogP contribution in [0.3, 0.4) is 0 Å². The number of hydrogen-bond acceptors (Lipinski definition) is 4. The van der Waals surface area contributed by atoms with Gasteiger partial charge in [-0.1, -0.05) is 29.8 Å². The Balaban J connectivity index is 2.11. The molecular weight excluding hydrogens is 469 g/mol. The summed E-state index contributed by atoms with van der Waals surface area (Å²) in [6, 6.07) is 9.20. The lowest BCUT2D eigenvalue weighted by molar-refractivity contribution is -0.137. The third-order valence-electron chi connectivity index (χ3n) is 4.42. The van der Waals surface area contributed by atoms with Crippen LogP contribution in [0.5, 0.6) is 5.75 Å². The molecule has 6 nitrogen and oxygen atoms in total. The molecule has 32 heavy (non-hydrogen) atoms. The van der Waals surface area contributed by atoms with E-state index in [0.717, 1.165) is 11.6 Å². The highest BCUT2D eigenvalue weighted by atomic mass is 35.5. The molecule has 174 valence electrons. The maximum atomic E-state index is 13.0. The van der Waals surface area contributed by atoms with Crippen LogP contribution in [0.2, 0.25) is 5.02 Å². The van der Waals surface area contributed by atoms with Crippen molar-refractivity contribution < 1.29 is 31.1 Å². The van der Waals surface area contributed by atoms with Gasteiger partial charge < -0.3 is 10.1 Å². The van der Waals surface area contributed by atoms with E-state index in [1.165, 1.54) is 6.08 Å². The number of sulfonamides is 1. The Morgan fingerprint density at radius 3 is 2.44 bits per heavy atom. The van der Waals surface area contributed by atoms with Gasteiger partial charge in [0.1, 0.15) is 10.6 Å². The SMILES string of the molecule is C=CCN(CC(=O)NCCc1ccc(OC)cc1)S(=O)(=O)c1cc(C(F)(F)F)ccc1Cl. The maximum absolute atomic E-state index is 13.0. The molecule has 0 heterocycles. The second kappa shape index (κ2) is 10.8. The number of rotatable bonds is 10. The summed E-state index contributed by atoms with van der Waals surface area (Å²) in [5.41, 5.74) is -0.236. The van der Waals surface area contributed by atoms with Crippen LogP contribution in [0.4, 0.5) is 13.2 Å². The summed E-state index contributed by atoms with van der Waals surface area (Å²) < 4.78 is 70.8.